The molecule has 33 heavy (non-hydrogen) atoms. The van der Waals surface area contributed by atoms with Crippen LogP contribution in [0.3, 0.4) is 0 Å². The first-order valence-electron chi connectivity index (χ1n) is 11.5. The summed E-state index contributed by atoms with van der Waals surface area (Å²) >= 11 is 0. The van der Waals surface area contributed by atoms with Gasteiger partial charge in [0.1, 0.15) is 0 Å². The zero-order chi connectivity index (χ0) is 23.6. The second-order valence-corrected chi connectivity index (χ2v) is 11.0. The van der Waals surface area contributed by atoms with Gasteiger partial charge in [-0.1, -0.05) is 12.1 Å². The van der Waals surface area contributed by atoms with Crippen molar-refractivity contribution in [1.82, 2.24) is 18.8 Å². The number of carbonyl (C=O) groups excluding carboxylic acids is 2. The number of morpholine rings is 1. The molecule has 2 saturated heterocycles. The highest BCUT2D eigenvalue weighted by Gasteiger charge is 2.37. The molecule has 0 spiro atoms. The molecule has 10 nitrogen and oxygen atoms in total. The first kappa shape index (κ1) is 24.1. The van der Waals surface area contributed by atoms with E-state index in [9.17, 15) is 18.0 Å². The summed E-state index contributed by atoms with van der Waals surface area (Å²) in [6.45, 7) is 6.18. The third kappa shape index (κ3) is 6.10. The molecule has 0 unspecified atom stereocenters. The van der Waals surface area contributed by atoms with Crippen molar-refractivity contribution in [3.05, 3.63) is 29.8 Å². The molecule has 0 aromatic heterocycles. The number of hydrogen-bond donors (Lipinski definition) is 2. The molecule has 182 valence electrons. The van der Waals surface area contributed by atoms with E-state index in [2.05, 4.69) is 10.6 Å². The molecular weight excluding hydrogens is 446 g/mol. The Hall–Kier alpha value is -2.05. The lowest BCUT2D eigenvalue weighted by atomic mass is 10.1. The highest BCUT2D eigenvalue weighted by Crippen LogP contribution is 2.22. The molecule has 2 aliphatic heterocycles. The van der Waals surface area contributed by atoms with Crippen LogP contribution in [0.2, 0.25) is 0 Å². The summed E-state index contributed by atoms with van der Waals surface area (Å²) in [6, 6.07) is 7.20. The second kappa shape index (κ2) is 10.1. The molecule has 4 rings (SSSR count). The maximum atomic E-state index is 13.0. The number of para-hydroxylation sites is 1. The van der Waals surface area contributed by atoms with Gasteiger partial charge in [-0.2, -0.15) is 17.0 Å². The molecular formula is C22H33N5O5S. The van der Waals surface area contributed by atoms with Crippen LogP contribution >= 0.6 is 0 Å². The topological polar surface area (TPSA) is 111 Å². The minimum Gasteiger partial charge on any atom is -0.373 e. The van der Waals surface area contributed by atoms with Crippen molar-refractivity contribution in [2.75, 3.05) is 51.1 Å². The standard InChI is InChI=1S/C22H33N5O5S/c1-16-13-27(14-17(2)32-16)33(30,31)26-11-9-25(10-12-26)15-21(28)24-20-6-4-3-5-19(20)22(29)23-18-7-8-18/h3-6,16-18H,7-15H2,1-2H3,(H,23,29)(H,24,28)/t16-,17-/m0/s1. The molecule has 1 aromatic rings. The summed E-state index contributed by atoms with van der Waals surface area (Å²) in [4.78, 5) is 27.0. The fourth-order valence-electron chi connectivity index (χ4n) is 4.27. The molecule has 3 aliphatic rings. The van der Waals surface area contributed by atoms with E-state index in [-0.39, 0.29) is 36.6 Å². The molecule has 1 aromatic carbocycles. The van der Waals surface area contributed by atoms with E-state index in [4.69, 9.17) is 4.74 Å². The predicted octanol–water partition coefficient (Wildman–Crippen LogP) is 0.489. The Morgan fingerprint density at radius 1 is 1.00 bits per heavy atom. The average molecular weight is 480 g/mol. The zero-order valence-corrected chi connectivity index (χ0v) is 20.0. The Morgan fingerprint density at radius 2 is 1.64 bits per heavy atom. The number of piperazine rings is 1. The van der Waals surface area contributed by atoms with Gasteiger partial charge < -0.3 is 15.4 Å². The van der Waals surface area contributed by atoms with Crippen LogP contribution in [0.1, 0.15) is 37.0 Å². The number of carbonyl (C=O) groups is 2. The van der Waals surface area contributed by atoms with Crippen LogP contribution in [-0.2, 0) is 19.7 Å². The minimum absolute atomic E-state index is 0.136. The zero-order valence-electron chi connectivity index (χ0n) is 19.2. The quantitative estimate of drug-likeness (QED) is 0.589. The average Bonchev–Trinajstić information content (AvgIpc) is 3.57. The molecule has 2 N–H and O–H groups in total. The highest BCUT2D eigenvalue weighted by atomic mass is 32.2. The fraction of sp³-hybridized carbons (Fsp3) is 0.636. The van der Waals surface area contributed by atoms with E-state index >= 15 is 0 Å². The Balaban J connectivity index is 1.29. The fourth-order valence-corrected chi connectivity index (χ4v) is 6.02. The van der Waals surface area contributed by atoms with E-state index in [1.807, 2.05) is 18.7 Å². The van der Waals surface area contributed by atoms with Crippen LogP contribution in [-0.4, -0.2) is 97.8 Å². The van der Waals surface area contributed by atoms with Crippen LogP contribution in [0.4, 0.5) is 5.69 Å². The van der Waals surface area contributed by atoms with Crippen molar-refractivity contribution in [3.63, 3.8) is 0 Å². The predicted molar refractivity (Wildman–Crippen MR) is 124 cm³/mol. The molecule has 2 amide bonds. The largest absolute Gasteiger partial charge is 0.373 e. The number of hydrogen-bond acceptors (Lipinski definition) is 6. The van der Waals surface area contributed by atoms with Gasteiger partial charge >= 0.3 is 0 Å². The number of amides is 2. The van der Waals surface area contributed by atoms with Crippen molar-refractivity contribution >= 4 is 27.7 Å². The van der Waals surface area contributed by atoms with Crippen molar-refractivity contribution < 1.29 is 22.7 Å². The molecule has 0 radical (unpaired) electrons. The maximum absolute atomic E-state index is 13.0. The van der Waals surface area contributed by atoms with Crippen molar-refractivity contribution in [3.8, 4) is 0 Å². The van der Waals surface area contributed by atoms with Gasteiger partial charge in [0, 0.05) is 45.3 Å². The Labute approximate surface area is 195 Å². The lowest BCUT2D eigenvalue weighted by Gasteiger charge is -2.40. The Bertz CT molecular complexity index is 965. The monoisotopic (exact) mass is 479 g/mol. The van der Waals surface area contributed by atoms with Crippen LogP contribution < -0.4 is 10.6 Å². The highest BCUT2D eigenvalue weighted by molar-refractivity contribution is 7.86. The number of benzene rings is 1. The summed E-state index contributed by atoms with van der Waals surface area (Å²) in [6.07, 6.45) is 1.71. The normalized spacial score (nSPS) is 25.5. The van der Waals surface area contributed by atoms with Gasteiger partial charge in [0.2, 0.25) is 5.91 Å². The van der Waals surface area contributed by atoms with Crippen LogP contribution in [0.5, 0.6) is 0 Å². The first-order valence-corrected chi connectivity index (χ1v) is 12.9. The van der Waals surface area contributed by atoms with Gasteiger partial charge in [0.05, 0.1) is 30.0 Å². The number of rotatable bonds is 7. The molecule has 1 aliphatic carbocycles. The van der Waals surface area contributed by atoms with Gasteiger partial charge in [0.15, 0.2) is 0 Å². The van der Waals surface area contributed by atoms with Gasteiger partial charge in [-0.3, -0.25) is 14.5 Å². The van der Waals surface area contributed by atoms with Crippen molar-refractivity contribution in [2.45, 2.75) is 44.9 Å². The van der Waals surface area contributed by atoms with E-state index in [0.29, 0.717) is 50.5 Å². The van der Waals surface area contributed by atoms with Crippen LogP contribution in [0.25, 0.3) is 0 Å². The van der Waals surface area contributed by atoms with Gasteiger partial charge in [-0.05, 0) is 38.8 Å². The summed E-state index contributed by atoms with van der Waals surface area (Å²) in [5.74, 6) is -0.409. The van der Waals surface area contributed by atoms with E-state index in [0.717, 1.165) is 12.8 Å². The number of ether oxygens (including phenoxy) is 1. The summed E-state index contributed by atoms with van der Waals surface area (Å²) in [5.41, 5.74) is 0.931. The lowest BCUT2D eigenvalue weighted by molar-refractivity contribution is -0.117. The summed E-state index contributed by atoms with van der Waals surface area (Å²) < 4.78 is 34.7. The SMILES string of the molecule is C[C@H]1CN(S(=O)(=O)N2CCN(CC(=O)Nc3ccccc3C(=O)NC3CC3)CC2)C[C@H](C)O1. The summed E-state index contributed by atoms with van der Waals surface area (Å²) in [5, 5.41) is 5.78. The molecule has 11 heteroatoms. The third-order valence-electron chi connectivity index (χ3n) is 6.10. The van der Waals surface area contributed by atoms with Gasteiger partial charge in [-0.15, -0.1) is 0 Å². The Kier molecular flexibility index (Phi) is 7.34. The van der Waals surface area contributed by atoms with Crippen LogP contribution in [0.15, 0.2) is 24.3 Å². The third-order valence-corrected chi connectivity index (χ3v) is 8.06. The van der Waals surface area contributed by atoms with Crippen molar-refractivity contribution in [2.24, 2.45) is 0 Å². The van der Waals surface area contributed by atoms with E-state index in [1.54, 1.807) is 24.3 Å². The van der Waals surface area contributed by atoms with Crippen molar-refractivity contribution in [1.29, 1.82) is 0 Å². The van der Waals surface area contributed by atoms with E-state index in [1.165, 1.54) is 8.61 Å². The first-order chi connectivity index (χ1) is 15.7. The molecule has 1 saturated carbocycles. The van der Waals surface area contributed by atoms with E-state index < -0.39 is 10.2 Å². The number of nitrogens with zero attached hydrogens (tertiary/aromatic N) is 3. The molecule has 3 fully saturated rings. The molecule has 0 bridgehead atoms. The smallest absolute Gasteiger partial charge is 0.282 e. The maximum Gasteiger partial charge on any atom is 0.282 e. The molecule has 2 heterocycles. The van der Waals surface area contributed by atoms with Gasteiger partial charge in [-0.25, -0.2) is 0 Å². The summed E-state index contributed by atoms with van der Waals surface area (Å²) in [7, 11) is -3.56. The second-order valence-electron chi connectivity index (χ2n) is 9.10. The van der Waals surface area contributed by atoms with Crippen LogP contribution in [0, 0.1) is 0 Å². The number of anilines is 1. The minimum atomic E-state index is -3.56. The number of nitrogens with one attached hydrogen (secondary N) is 2. The van der Waals surface area contributed by atoms with Gasteiger partial charge in [0.25, 0.3) is 16.1 Å². The molecule has 2 atom stereocenters. The Morgan fingerprint density at radius 3 is 2.27 bits per heavy atom. The lowest BCUT2D eigenvalue weighted by Crippen LogP contribution is -2.57.